The van der Waals surface area contributed by atoms with Gasteiger partial charge in [-0.2, -0.15) is 0 Å². The first-order chi connectivity index (χ1) is 9.49. The van der Waals surface area contributed by atoms with Gasteiger partial charge in [-0.1, -0.05) is 23.2 Å². The van der Waals surface area contributed by atoms with Gasteiger partial charge in [-0.05, 0) is 47.2 Å². The fourth-order valence-electron chi connectivity index (χ4n) is 1.69. The minimum absolute atomic E-state index is 0.0843. The number of nitro groups is 1. The Kier molecular flexibility index (Phi) is 4.42. The summed E-state index contributed by atoms with van der Waals surface area (Å²) in [6, 6.07) is 8.02. The third-order valence-electron chi connectivity index (χ3n) is 2.62. The highest BCUT2D eigenvalue weighted by atomic mass is 35.5. The van der Waals surface area contributed by atoms with Crippen LogP contribution in [0.3, 0.4) is 0 Å². The van der Waals surface area contributed by atoms with Crippen LogP contribution in [0, 0.1) is 10.1 Å². The van der Waals surface area contributed by atoms with Crippen molar-refractivity contribution in [2.45, 2.75) is 13.0 Å². The number of rotatable bonds is 4. The predicted octanol–water partition coefficient (Wildman–Crippen LogP) is 4.44. The zero-order valence-electron chi connectivity index (χ0n) is 10.4. The zero-order chi connectivity index (χ0) is 14.7. The van der Waals surface area contributed by atoms with E-state index in [0.717, 1.165) is 0 Å². The molecule has 0 saturated heterocycles. The average molecular weight is 313 g/mol. The molecule has 1 aromatic heterocycles. The second-order valence-corrected chi connectivity index (χ2v) is 4.85. The van der Waals surface area contributed by atoms with Crippen LogP contribution in [0.25, 0.3) is 0 Å². The van der Waals surface area contributed by atoms with Crippen molar-refractivity contribution in [3.63, 3.8) is 0 Å². The van der Waals surface area contributed by atoms with E-state index in [2.05, 4.69) is 4.98 Å². The fourth-order valence-corrected chi connectivity index (χ4v) is 2.14. The highest BCUT2D eigenvalue weighted by molar-refractivity contribution is 6.33. The van der Waals surface area contributed by atoms with Gasteiger partial charge in [0.2, 0.25) is 5.75 Å². The second-order valence-electron chi connectivity index (χ2n) is 4.01. The molecular formula is C13H10Cl2N2O3. The van der Waals surface area contributed by atoms with Crippen LogP contribution in [-0.4, -0.2) is 9.91 Å². The van der Waals surface area contributed by atoms with E-state index in [1.807, 2.05) is 0 Å². The van der Waals surface area contributed by atoms with Crippen LogP contribution in [0.2, 0.25) is 10.0 Å². The van der Waals surface area contributed by atoms with E-state index in [1.54, 1.807) is 31.2 Å². The molecule has 0 aliphatic heterocycles. The number of ether oxygens (including phenoxy) is 1. The van der Waals surface area contributed by atoms with E-state index in [4.69, 9.17) is 27.9 Å². The zero-order valence-corrected chi connectivity index (χ0v) is 11.9. The van der Waals surface area contributed by atoms with Gasteiger partial charge in [-0.15, -0.1) is 0 Å². The molecule has 1 aromatic carbocycles. The maximum Gasteiger partial charge on any atom is 0.406 e. The molecule has 0 fully saturated rings. The maximum absolute atomic E-state index is 10.9. The maximum atomic E-state index is 10.9. The van der Waals surface area contributed by atoms with Gasteiger partial charge in [0.05, 0.1) is 0 Å². The van der Waals surface area contributed by atoms with Crippen molar-refractivity contribution in [1.29, 1.82) is 0 Å². The summed E-state index contributed by atoms with van der Waals surface area (Å²) in [6.07, 6.45) is 0.839. The number of hydrogen-bond acceptors (Lipinski definition) is 4. The lowest BCUT2D eigenvalue weighted by Gasteiger charge is -2.16. The highest BCUT2D eigenvalue weighted by Crippen LogP contribution is 2.32. The summed E-state index contributed by atoms with van der Waals surface area (Å²) in [4.78, 5) is 14.0. The average Bonchev–Trinajstić information content (AvgIpc) is 2.41. The normalized spacial score (nSPS) is 11.9. The molecule has 0 saturated carbocycles. The van der Waals surface area contributed by atoms with Crippen molar-refractivity contribution in [2.24, 2.45) is 0 Å². The topological polar surface area (TPSA) is 65.3 Å². The fraction of sp³-hybridized carbons (Fsp3) is 0.154. The van der Waals surface area contributed by atoms with Crippen LogP contribution in [-0.2, 0) is 0 Å². The summed E-state index contributed by atoms with van der Waals surface area (Å²) in [7, 11) is 0. The van der Waals surface area contributed by atoms with E-state index in [0.29, 0.717) is 15.6 Å². The largest absolute Gasteiger partial charge is 0.478 e. The van der Waals surface area contributed by atoms with Crippen molar-refractivity contribution in [3.05, 3.63) is 62.3 Å². The van der Waals surface area contributed by atoms with E-state index in [-0.39, 0.29) is 11.6 Å². The lowest BCUT2D eigenvalue weighted by molar-refractivity contribution is -0.390. The summed E-state index contributed by atoms with van der Waals surface area (Å²) in [5.41, 5.74) is 0.650. The van der Waals surface area contributed by atoms with Crippen molar-refractivity contribution >= 4 is 29.0 Å². The summed E-state index contributed by atoms with van der Waals surface area (Å²) in [5, 5.41) is 11.9. The van der Waals surface area contributed by atoms with Gasteiger partial charge < -0.3 is 14.9 Å². The lowest BCUT2D eigenvalue weighted by Crippen LogP contribution is -2.06. The van der Waals surface area contributed by atoms with E-state index in [1.165, 1.54) is 12.3 Å². The lowest BCUT2D eigenvalue weighted by atomic mass is 10.1. The molecule has 0 radical (unpaired) electrons. The third kappa shape index (κ3) is 3.18. The molecule has 0 bridgehead atoms. The Morgan fingerprint density at radius 3 is 2.80 bits per heavy atom. The number of benzene rings is 1. The predicted molar refractivity (Wildman–Crippen MR) is 76.4 cm³/mol. The van der Waals surface area contributed by atoms with E-state index in [9.17, 15) is 10.1 Å². The number of aromatic nitrogens is 1. The van der Waals surface area contributed by atoms with Gasteiger partial charge in [0, 0.05) is 15.6 Å². The van der Waals surface area contributed by atoms with Gasteiger partial charge in [-0.3, -0.25) is 0 Å². The molecule has 1 heterocycles. The summed E-state index contributed by atoms with van der Waals surface area (Å²) in [6.45, 7) is 1.73. The Hall–Kier alpha value is -1.85. The number of halogens is 2. The molecule has 0 N–H and O–H groups in total. The SMILES string of the molecule is C[C@H](Oc1cccnc1[N+](=O)[O-])c1cc(Cl)ccc1Cl. The molecule has 5 nitrogen and oxygen atoms in total. The summed E-state index contributed by atoms with van der Waals surface area (Å²) < 4.78 is 5.58. The third-order valence-corrected chi connectivity index (χ3v) is 3.20. The molecule has 0 amide bonds. The van der Waals surface area contributed by atoms with Crippen molar-refractivity contribution in [2.75, 3.05) is 0 Å². The van der Waals surface area contributed by atoms with Crippen LogP contribution in [0.15, 0.2) is 36.5 Å². The van der Waals surface area contributed by atoms with Gasteiger partial charge in [0.15, 0.2) is 0 Å². The molecule has 2 rings (SSSR count). The first kappa shape index (κ1) is 14.6. The first-order valence-electron chi connectivity index (χ1n) is 5.70. The van der Waals surface area contributed by atoms with Crippen molar-refractivity contribution in [1.82, 2.24) is 4.98 Å². The highest BCUT2D eigenvalue weighted by Gasteiger charge is 2.20. The van der Waals surface area contributed by atoms with Crippen LogP contribution >= 0.6 is 23.2 Å². The van der Waals surface area contributed by atoms with E-state index < -0.39 is 11.0 Å². The Balaban J connectivity index is 2.30. The Morgan fingerprint density at radius 1 is 1.35 bits per heavy atom. The molecule has 7 heteroatoms. The monoisotopic (exact) mass is 312 g/mol. The smallest absolute Gasteiger partial charge is 0.406 e. The molecule has 0 spiro atoms. The van der Waals surface area contributed by atoms with Crippen LogP contribution in [0.4, 0.5) is 5.82 Å². The molecular weight excluding hydrogens is 303 g/mol. The van der Waals surface area contributed by atoms with Gasteiger partial charge in [0.25, 0.3) is 0 Å². The van der Waals surface area contributed by atoms with Gasteiger partial charge in [0.1, 0.15) is 12.3 Å². The Bertz CT molecular complexity index is 649. The molecule has 1 atom stereocenters. The minimum atomic E-state index is -0.596. The van der Waals surface area contributed by atoms with Crippen LogP contribution < -0.4 is 4.74 Å². The molecule has 0 aliphatic carbocycles. The Labute approximate surface area is 125 Å². The summed E-state index contributed by atoms with van der Waals surface area (Å²) >= 11 is 12.0. The number of hydrogen-bond donors (Lipinski definition) is 0. The number of pyridine rings is 1. The van der Waals surface area contributed by atoms with Crippen molar-refractivity contribution in [3.8, 4) is 5.75 Å². The van der Waals surface area contributed by atoms with E-state index >= 15 is 0 Å². The second kappa shape index (κ2) is 6.07. The number of nitrogens with zero attached hydrogens (tertiary/aromatic N) is 2. The van der Waals surface area contributed by atoms with Crippen LogP contribution in [0.5, 0.6) is 5.75 Å². The Morgan fingerprint density at radius 2 is 2.10 bits per heavy atom. The molecule has 0 unspecified atom stereocenters. The van der Waals surface area contributed by atoms with Gasteiger partial charge in [-0.25, -0.2) is 0 Å². The molecule has 104 valence electrons. The summed E-state index contributed by atoms with van der Waals surface area (Å²) in [5.74, 6) is -0.251. The molecule has 0 aliphatic rings. The van der Waals surface area contributed by atoms with Crippen LogP contribution in [0.1, 0.15) is 18.6 Å². The molecule has 2 aromatic rings. The standard InChI is InChI=1S/C13H10Cl2N2O3/c1-8(10-7-9(14)4-5-11(10)15)20-12-3-2-6-16-13(12)17(18)19/h2-8H,1H3/t8-/m0/s1. The first-order valence-corrected chi connectivity index (χ1v) is 6.45. The quantitative estimate of drug-likeness (QED) is 0.618. The van der Waals surface area contributed by atoms with Crippen molar-refractivity contribution < 1.29 is 9.66 Å². The van der Waals surface area contributed by atoms with Gasteiger partial charge >= 0.3 is 5.82 Å². The minimum Gasteiger partial charge on any atom is -0.478 e. The molecule has 20 heavy (non-hydrogen) atoms.